The molecule has 0 aliphatic carbocycles. The lowest BCUT2D eigenvalue weighted by Crippen LogP contribution is -2.26. The highest BCUT2D eigenvalue weighted by molar-refractivity contribution is 6.31. The van der Waals surface area contributed by atoms with Crippen molar-refractivity contribution < 1.29 is 9.21 Å². The van der Waals surface area contributed by atoms with Crippen molar-refractivity contribution in [2.75, 3.05) is 7.05 Å². The van der Waals surface area contributed by atoms with Gasteiger partial charge in [0.15, 0.2) is 0 Å². The lowest BCUT2D eigenvalue weighted by Gasteiger charge is -2.17. The number of amides is 1. The van der Waals surface area contributed by atoms with Gasteiger partial charge in [0.05, 0.1) is 5.56 Å². The summed E-state index contributed by atoms with van der Waals surface area (Å²) in [5.41, 5.74) is 1.53. The Kier molecular flexibility index (Phi) is 3.96. The van der Waals surface area contributed by atoms with Crippen LogP contribution in [0.2, 0.25) is 5.02 Å². The normalized spacial score (nSPS) is 10.5. The topological polar surface area (TPSA) is 33.5 Å². The summed E-state index contributed by atoms with van der Waals surface area (Å²) in [6.45, 7) is 4.10. The highest BCUT2D eigenvalue weighted by atomic mass is 35.5. The second kappa shape index (κ2) is 5.49. The van der Waals surface area contributed by atoms with Gasteiger partial charge in [-0.2, -0.15) is 0 Å². The zero-order valence-corrected chi connectivity index (χ0v) is 12.0. The lowest BCUT2D eigenvalue weighted by atomic mass is 10.2. The first-order valence-electron chi connectivity index (χ1n) is 6.05. The molecule has 0 saturated heterocycles. The van der Waals surface area contributed by atoms with Crippen LogP contribution in [0.4, 0.5) is 0 Å². The summed E-state index contributed by atoms with van der Waals surface area (Å²) in [6.07, 6.45) is 0. The predicted molar refractivity (Wildman–Crippen MR) is 75.4 cm³/mol. The van der Waals surface area contributed by atoms with Crippen molar-refractivity contribution in [2.45, 2.75) is 20.4 Å². The number of nitrogens with zero attached hydrogens (tertiary/aromatic N) is 1. The first-order valence-corrected chi connectivity index (χ1v) is 6.42. The Labute approximate surface area is 117 Å². The average molecular weight is 278 g/mol. The van der Waals surface area contributed by atoms with Crippen molar-refractivity contribution in [1.82, 2.24) is 4.90 Å². The van der Waals surface area contributed by atoms with E-state index in [9.17, 15) is 4.79 Å². The van der Waals surface area contributed by atoms with Crippen molar-refractivity contribution in [1.29, 1.82) is 0 Å². The van der Waals surface area contributed by atoms with Gasteiger partial charge in [-0.25, -0.2) is 0 Å². The number of rotatable bonds is 3. The number of halogens is 1. The third kappa shape index (κ3) is 2.99. The molecule has 100 valence electrons. The number of benzene rings is 1. The smallest absolute Gasteiger partial charge is 0.257 e. The summed E-state index contributed by atoms with van der Waals surface area (Å²) < 4.78 is 5.39. The zero-order chi connectivity index (χ0) is 14.0. The van der Waals surface area contributed by atoms with Crippen molar-refractivity contribution in [2.24, 2.45) is 0 Å². The molecule has 1 heterocycles. The second-order valence-corrected chi connectivity index (χ2v) is 4.99. The summed E-state index contributed by atoms with van der Waals surface area (Å²) in [5.74, 6) is 1.33. The molecule has 4 heteroatoms. The maximum Gasteiger partial charge on any atom is 0.257 e. The second-order valence-electron chi connectivity index (χ2n) is 4.58. The molecule has 0 aliphatic heterocycles. The minimum atomic E-state index is -0.0609. The Hall–Kier alpha value is -1.74. The molecule has 0 N–H and O–H groups in total. The van der Waals surface area contributed by atoms with Crippen LogP contribution < -0.4 is 0 Å². The molecule has 0 atom stereocenters. The van der Waals surface area contributed by atoms with Crippen molar-refractivity contribution >= 4 is 17.5 Å². The van der Waals surface area contributed by atoms with Gasteiger partial charge in [-0.3, -0.25) is 4.79 Å². The quantitative estimate of drug-likeness (QED) is 0.854. The Bertz CT molecular complexity index is 604. The van der Waals surface area contributed by atoms with E-state index in [0.29, 0.717) is 22.9 Å². The molecule has 0 unspecified atom stereocenters. The first kappa shape index (κ1) is 13.7. The number of hydrogen-bond donors (Lipinski definition) is 0. The number of carbonyl (C=O) groups is 1. The Morgan fingerprint density at radius 1 is 1.32 bits per heavy atom. The van der Waals surface area contributed by atoms with Gasteiger partial charge in [-0.15, -0.1) is 0 Å². The standard InChI is InChI=1S/C15H16ClNO2/c1-10-8-13(11(2)19-10)15(18)17(3)9-12-6-4-5-7-14(12)16/h4-8H,9H2,1-3H3. The molecule has 0 radical (unpaired) electrons. The van der Waals surface area contributed by atoms with E-state index >= 15 is 0 Å². The van der Waals surface area contributed by atoms with Crippen LogP contribution in [0.15, 0.2) is 34.7 Å². The molecule has 0 spiro atoms. The highest BCUT2D eigenvalue weighted by Crippen LogP contribution is 2.19. The molecule has 0 aliphatic rings. The fourth-order valence-corrected chi connectivity index (χ4v) is 2.20. The van der Waals surface area contributed by atoms with Crippen LogP contribution in [0.1, 0.15) is 27.4 Å². The lowest BCUT2D eigenvalue weighted by molar-refractivity contribution is 0.0783. The maximum atomic E-state index is 12.3. The third-order valence-corrected chi connectivity index (χ3v) is 3.35. The average Bonchev–Trinajstić information content (AvgIpc) is 2.70. The van der Waals surface area contributed by atoms with Gasteiger partial charge >= 0.3 is 0 Å². The molecule has 2 rings (SSSR count). The van der Waals surface area contributed by atoms with Crippen molar-refractivity contribution in [3.8, 4) is 0 Å². The van der Waals surface area contributed by atoms with Crippen molar-refractivity contribution in [3.05, 3.63) is 58.0 Å². The molecule has 19 heavy (non-hydrogen) atoms. The van der Waals surface area contributed by atoms with E-state index in [0.717, 1.165) is 11.3 Å². The van der Waals surface area contributed by atoms with Gasteiger partial charge in [0.1, 0.15) is 11.5 Å². The number of carbonyl (C=O) groups excluding carboxylic acids is 1. The van der Waals surface area contributed by atoms with E-state index in [4.69, 9.17) is 16.0 Å². The molecule has 2 aromatic rings. The Morgan fingerprint density at radius 3 is 2.58 bits per heavy atom. The minimum absolute atomic E-state index is 0.0609. The zero-order valence-electron chi connectivity index (χ0n) is 11.2. The molecular formula is C15H16ClNO2. The van der Waals surface area contributed by atoms with E-state index in [1.165, 1.54) is 0 Å². The largest absolute Gasteiger partial charge is 0.466 e. The van der Waals surface area contributed by atoms with Gasteiger partial charge < -0.3 is 9.32 Å². The summed E-state index contributed by atoms with van der Waals surface area (Å²) in [4.78, 5) is 14.0. The molecule has 3 nitrogen and oxygen atoms in total. The van der Waals surface area contributed by atoms with Crippen molar-refractivity contribution in [3.63, 3.8) is 0 Å². The van der Waals surface area contributed by atoms with Crippen LogP contribution in [-0.4, -0.2) is 17.9 Å². The Balaban J connectivity index is 2.16. The van der Waals surface area contributed by atoms with Gasteiger partial charge in [0.2, 0.25) is 0 Å². The summed E-state index contributed by atoms with van der Waals surface area (Å²) >= 11 is 6.10. The number of hydrogen-bond acceptors (Lipinski definition) is 2. The fourth-order valence-electron chi connectivity index (χ4n) is 2.00. The molecule has 0 saturated carbocycles. The van der Waals surface area contributed by atoms with Crippen LogP contribution in [0, 0.1) is 13.8 Å². The van der Waals surface area contributed by atoms with Gasteiger partial charge in [-0.1, -0.05) is 29.8 Å². The van der Waals surface area contributed by atoms with Gasteiger partial charge in [-0.05, 0) is 31.5 Å². The number of aryl methyl sites for hydroxylation is 2. The summed E-state index contributed by atoms with van der Waals surface area (Å²) in [6, 6.07) is 9.28. The molecule has 1 amide bonds. The highest BCUT2D eigenvalue weighted by Gasteiger charge is 2.18. The summed E-state index contributed by atoms with van der Waals surface area (Å²) in [7, 11) is 1.76. The third-order valence-electron chi connectivity index (χ3n) is 2.98. The van der Waals surface area contributed by atoms with E-state index in [1.54, 1.807) is 24.9 Å². The van der Waals surface area contributed by atoms with Gasteiger partial charge in [0, 0.05) is 18.6 Å². The van der Waals surface area contributed by atoms with Crippen LogP contribution in [0.5, 0.6) is 0 Å². The molecule has 0 bridgehead atoms. The van der Waals surface area contributed by atoms with Crippen LogP contribution in [-0.2, 0) is 6.54 Å². The fraction of sp³-hybridized carbons (Fsp3) is 0.267. The molecule has 1 aromatic heterocycles. The monoisotopic (exact) mass is 277 g/mol. The minimum Gasteiger partial charge on any atom is -0.466 e. The Morgan fingerprint density at radius 2 is 2.00 bits per heavy atom. The van der Waals surface area contributed by atoms with Crippen LogP contribution >= 0.6 is 11.6 Å². The van der Waals surface area contributed by atoms with E-state index in [2.05, 4.69) is 0 Å². The van der Waals surface area contributed by atoms with Gasteiger partial charge in [0.25, 0.3) is 5.91 Å². The number of furan rings is 1. The molecular weight excluding hydrogens is 262 g/mol. The van der Waals surface area contributed by atoms with E-state index in [-0.39, 0.29) is 5.91 Å². The molecule has 0 fully saturated rings. The van der Waals surface area contributed by atoms with Crippen LogP contribution in [0.3, 0.4) is 0 Å². The molecule has 1 aromatic carbocycles. The van der Waals surface area contributed by atoms with E-state index < -0.39 is 0 Å². The summed E-state index contributed by atoms with van der Waals surface area (Å²) in [5, 5.41) is 0.669. The van der Waals surface area contributed by atoms with E-state index in [1.807, 2.05) is 31.2 Å². The van der Waals surface area contributed by atoms with Crippen LogP contribution in [0.25, 0.3) is 0 Å². The first-order chi connectivity index (χ1) is 8.99. The maximum absolute atomic E-state index is 12.3. The predicted octanol–water partition coefficient (Wildman–Crippen LogP) is 3.82. The SMILES string of the molecule is Cc1cc(C(=O)N(C)Cc2ccccc2Cl)c(C)o1.